The second-order valence-corrected chi connectivity index (χ2v) is 2.63. The minimum absolute atomic E-state index is 0.250. The Bertz CT molecular complexity index is 404. The Labute approximate surface area is 74.2 Å². The molecule has 2 aromatic rings. The van der Waals surface area contributed by atoms with E-state index in [1.165, 1.54) is 0 Å². The second-order valence-electron chi connectivity index (χ2n) is 2.63. The summed E-state index contributed by atoms with van der Waals surface area (Å²) in [4.78, 5) is 0. The van der Waals surface area contributed by atoms with Crippen LogP contribution in [0.25, 0.3) is 11.6 Å². The highest BCUT2D eigenvalue weighted by Crippen LogP contribution is 2.14. The summed E-state index contributed by atoms with van der Waals surface area (Å²) >= 11 is 0. The van der Waals surface area contributed by atoms with Crippen LogP contribution in [-0.2, 0) is 6.54 Å². The molecule has 13 heavy (non-hydrogen) atoms. The minimum Gasteiger partial charge on any atom is -0.418 e. The lowest BCUT2D eigenvalue weighted by atomic mass is 10.4. The molecule has 0 fully saturated rings. The fourth-order valence-corrected chi connectivity index (χ4v) is 0.976. The standard InChI is InChI=1S/C7H9N5O/c1-4-2-5(10-9-4)7-12-11-6(3-8)13-7/h2H,3,8H2,1H3,(H,9,10). The summed E-state index contributed by atoms with van der Waals surface area (Å²) in [6.07, 6.45) is 0. The van der Waals surface area contributed by atoms with E-state index in [1.54, 1.807) is 0 Å². The van der Waals surface area contributed by atoms with Crippen LogP contribution in [0.3, 0.4) is 0 Å². The summed E-state index contributed by atoms with van der Waals surface area (Å²) < 4.78 is 5.21. The van der Waals surface area contributed by atoms with Gasteiger partial charge in [0.25, 0.3) is 5.89 Å². The van der Waals surface area contributed by atoms with Gasteiger partial charge in [0.2, 0.25) is 5.89 Å². The number of nitrogens with zero attached hydrogens (tertiary/aromatic N) is 3. The van der Waals surface area contributed by atoms with E-state index in [4.69, 9.17) is 10.2 Å². The number of hydrogen-bond donors (Lipinski definition) is 2. The second kappa shape index (κ2) is 2.98. The molecule has 0 bridgehead atoms. The van der Waals surface area contributed by atoms with Crippen LogP contribution in [0.15, 0.2) is 10.5 Å². The average molecular weight is 179 g/mol. The van der Waals surface area contributed by atoms with Gasteiger partial charge in [-0.05, 0) is 13.0 Å². The summed E-state index contributed by atoms with van der Waals surface area (Å²) in [5.74, 6) is 0.836. The van der Waals surface area contributed by atoms with Crippen LogP contribution in [0.2, 0.25) is 0 Å². The maximum atomic E-state index is 5.32. The zero-order valence-corrected chi connectivity index (χ0v) is 7.11. The molecule has 68 valence electrons. The predicted octanol–water partition coefficient (Wildman–Crippen LogP) is 0.227. The number of aryl methyl sites for hydroxylation is 1. The van der Waals surface area contributed by atoms with Crippen molar-refractivity contribution < 1.29 is 4.42 Å². The summed E-state index contributed by atoms with van der Waals surface area (Å²) in [6, 6.07) is 1.83. The molecule has 0 radical (unpaired) electrons. The monoisotopic (exact) mass is 179 g/mol. The molecule has 0 aromatic carbocycles. The molecular weight excluding hydrogens is 170 g/mol. The first-order chi connectivity index (χ1) is 6.29. The van der Waals surface area contributed by atoms with E-state index in [9.17, 15) is 0 Å². The van der Waals surface area contributed by atoms with Crippen molar-refractivity contribution in [2.75, 3.05) is 0 Å². The van der Waals surface area contributed by atoms with E-state index in [1.807, 2.05) is 13.0 Å². The molecule has 0 aliphatic rings. The van der Waals surface area contributed by atoms with Crippen LogP contribution >= 0.6 is 0 Å². The van der Waals surface area contributed by atoms with Gasteiger partial charge in [0.15, 0.2) is 0 Å². The average Bonchev–Trinajstić information content (AvgIpc) is 2.71. The van der Waals surface area contributed by atoms with Crippen molar-refractivity contribution in [3.63, 3.8) is 0 Å². The van der Waals surface area contributed by atoms with Gasteiger partial charge in [-0.25, -0.2) is 0 Å². The maximum Gasteiger partial charge on any atom is 0.265 e. The first kappa shape index (κ1) is 7.93. The van der Waals surface area contributed by atoms with Gasteiger partial charge >= 0.3 is 0 Å². The molecule has 2 rings (SSSR count). The quantitative estimate of drug-likeness (QED) is 0.688. The first-order valence-electron chi connectivity index (χ1n) is 3.84. The number of H-pyrrole nitrogens is 1. The van der Waals surface area contributed by atoms with Crippen LogP contribution in [0.5, 0.6) is 0 Å². The number of nitrogens with one attached hydrogen (secondary N) is 1. The molecule has 0 saturated heterocycles. The van der Waals surface area contributed by atoms with Crippen LogP contribution < -0.4 is 5.73 Å². The van der Waals surface area contributed by atoms with Crippen molar-refractivity contribution in [1.29, 1.82) is 0 Å². The van der Waals surface area contributed by atoms with Gasteiger partial charge in [-0.15, -0.1) is 10.2 Å². The molecule has 6 nitrogen and oxygen atoms in total. The Morgan fingerprint density at radius 2 is 2.38 bits per heavy atom. The minimum atomic E-state index is 0.250. The fraction of sp³-hybridized carbons (Fsp3) is 0.286. The van der Waals surface area contributed by atoms with Crippen LogP contribution in [0.4, 0.5) is 0 Å². The lowest BCUT2D eigenvalue weighted by Crippen LogP contribution is -1.95. The maximum absolute atomic E-state index is 5.32. The van der Waals surface area contributed by atoms with Crippen molar-refractivity contribution in [3.8, 4) is 11.6 Å². The van der Waals surface area contributed by atoms with Crippen molar-refractivity contribution in [2.24, 2.45) is 5.73 Å². The van der Waals surface area contributed by atoms with Crippen molar-refractivity contribution >= 4 is 0 Å². The molecular formula is C7H9N5O. The van der Waals surface area contributed by atoms with Gasteiger partial charge in [-0.1, -0.05) is 0 Å². The fourth-order valence-electron chi connectivity index (χ4n) is 0.976. The number of hydrogen-bond acceptors (Lipinski definition) is 5. The van der Waals surface area contributed by atoms with Crippen molar-refractivity contribution in [2.45, 2.75) is 13.5 Å². The van der Waals surface area contributed by atoms with E-state index < -0.39 is 0 Å². The van der Waals surface area contributed by atoms with E-state index in [0.717, 1.165) is 5.69 Å². The first-order valence-corrected chi connectivity index (χ1v) is 3.84. The molecule has 0 aliphatic heterocycles. The van der Waals surface area contributed by atoms with Gasteiger partial charge in [0.1, 0.15) is 5.69 Å². The van der Waals surface area contributed by atoms with Crippen LogP contribution in [-0.4, -0.2) is 20.4 Å². The van der Waals surface area contributed by atoms with E-state index in [2.05, 4.69) is 20.4 Å². The van der Waals surface area contributed by atoms with Gasteiger partial charge in [0.05, 0.1) is 12.2 Å². The van der Waals surface area contributed by atoms with Gasteiger partial charge < -0.3 is 10.2 Å². The molecule has 0 amide bonds. The molecule has 0 unspecified atom stereocenters. The van der Waals surface area contributed by atoms with E-state index in [0.29, 0.717) is 17.5 Å². The molecule has 2 heterocycles. The van der Waals surface area contributed by atoms with E-state index >= 15 is 0 Å². The molecule has 2 aromatic heterocycles. The van der Waals surface area contributed by atoms with Crippen LogP contribution in [0, 0.1) is 6.92 Å². The predicted molar refractivity (Wildman–Crippen MR) is 44.5 cm³/mol. The molecule has 3 N–H and O–H groups in total. The Kier molecular flexibility index (Phi) is 1.82. The molecule has 0 atom stereocenters. The van der Waals surface area contributed by atoms with Gasteiger partial charge in [0, 0.05) is 0 Å². The highest BCUT2D eigenvalue weighted by atomic mass is 16.4. The lowest BCUT2D eigenvalue weighted by Gasteiger charge is -1.84. The summed E-state index contributed by atoms with van der Waals surface area (Å²) in [5.41, 5.74) is 6.91. The Balaban J connectivity index is 2.35. The zero-order chi connectivity index (χ0) is 9.26. The normalized spacial score (nSPS) is 10.6. The van der Waals surface area contributed by atoms with Crippen molar-refractivity contribution in [1.82, 2.24) is 20.4 Å². The summed E-state index contributed by atoms with van der Waals surface area (Å²) in [5, 5.41) is 14.2. The zero-order valence-electron chi connectivity index (χ0n) is 7.11. The third-order valence-electron chi connectivity index (χ3n) is 1.58. The third-order valence-corrected chi connectivity index (χ3v) is 1.58. The Morgan fingerprint density at radius 1 is 1.54 bits per heavy atom. The topological polar surface area (TPSA) is 93.6 Å². The van der Waals surface area contributed by atoms with Crippen LogP contribution in [0.1, 0.15) is 11.6 Å². The highest BCUT2D eigenvalue weighted by Gasteiger charge is 2.08. The molecule has 6 heteroatoms. The number of aromatic nitrogens is 4. The molecule has 0 spiro atoms. The summed E-state index contributed by atoms with van der Waals surface area (Å²) in [7, 11) is 0. The number of aromatic amines is 1. The molecule has 0 saturated carbocycles. The Hall–Kier alpha value is -1.69. The third kappa shape index (κ3) is 1.43. The largest absolute Gasteiger partial charge is 0.418 e. The van der Waals surface area contributed by atoms with Gasteiger partial charge in [-0.2, -0.15) is 5.10 Å². The lowest BCUT2D eigenvalue weighted by molar-refractivity contribution is 0.507. The summed E-state index contributed by atoms with van der Waals surface area (Å²) in [6.45, 7) is 2.13. The smallest absolute Gasteiger partial charge is 0.265 e. The van der Waals surface area contributed by atoms with Crippen molar-refractivity contribution in [3.05, 3.63) is 17.7 Å². The van der Waals surface area contributed by atoms with Gasteiger partial charge in [-0.3, -0.25) is 5.10 Å². The highest BCUT2D eigenvalue weighted by molar-refractivity contribution is 5.45. The SMILES string of the molecule is Cc1cc(-c2nnc(CN)o2)[nH]n1. The molecule has 0 aliphatic carbocycles. The number of nitrogens with two attached hydrogens (primary N) is 1. The van der Waals surface area contributed by atoms with E-state index in [-0.39, 0.29) is 6.54 Å². The Morgan fingerprint density at radius 3 is 2.92 bits per heavy atom. The number of rotatable bonds is 2.